The standard InChI is InChI=1S/C14H12Br2N2O2S/c1-8-6-9(2-3-10(8)15)18-13(19)7-17-14(20)11-4-5-12(16)21-11/h2-6H,7H2,1H3,(H,17,20)(H,18,19). The van der Waals surface area contributed by atoms with E-state index in [1.165, 1.54) is 11.3 Å². The van der Waals surface area contributed by atoms with Crippen molar-refractivity contribution in [1.29, 1.82) is 0 Å². The number of nitrogens with one attached hydrogen (secondary N) is 2. The Morgan fingerprint density at radius 1 is 1.19 bits per heavy atom. The summed E-state index contributed by atoms with van der Waals surface area (Å²) in [5, 5.41) is 5.33. The average molecular weight is 432 g/mol. The number of hydrogen-bond acceptors (Lipinski definition) is 3. The molecule has 0 saturated carbocycles. The number of thiophene rings is 1. The lowest BCUT2D eigenvalue weighted by molar-refractivity contribution is -0.115. The molecule has 7 heteroatoms. The highest BCUT2D eigenvalue weighted by Gasteiger charge is 2.10. The fraction of sp³-hybridized carbons (Fsp3) is 0.143. The molecule has 4 nitrogen and oxygen atoms in total. The van der Waals surface area contributed by atoms with Crippen LogP contribution in [0.1, 0.15) is 15.2 Å². The lowest BCUT2D eigenvalue weighted by Crippen LogP contribution is -2.32. The number of aryl methyl sites for hydroxylation is 1. The molecule has 0 radical (unpaired) electrons. The predicted octanol–water partition coefficient (Wildman–Crippen LogP) is 3.95. The van der Waals surface area contributed by atoms with Crippen molar-refractivity contribution in [2.24, 2.45) is 0 Å². The quantitative estimate of drug-likeness (QED) is 0.769. The van der Waals surface area contributed by atoms with E-state index in [0.29, 0.717) is 10.6 Å². The van der Waals surface area contributed by atoms with Crippen molar-refractivity contribution in [3.63, 3.8) is 0 Å². The molecule has 1 aromatic carbocycles. The van der Waals surface area contributed by atoms with Gasteiger partial charge in [0.15, 0.2) is 0 Å². The Morgan fingerprint density at radius 2 is 1.95 bits per heavy atom. The molecule has 0 spiro atoms. The van der Waals surface area contributed by atoms with E-state index in [-0.39, 0.29) is 18.4 Å². The average Bonchev–Trinajstić information content (AvgIpc) is 2.87. The van der Waals surface area contributed by atoms with Crippen molar-refractivity contribution >= 4 is 60.7 Å². The van der Waals surface area contributed by atoms with Crippen LogP contribution in [0.5, 0.6) is 0 Å². The van der Waals surface area contributed by atoms with E-state index in [0.717, 1.165) is 13.8 Å². The van der Waals surface area contributed by atoms with E-state index in [2.05, 4.69) is 42.5 Å². The molecule has 0 saturated heterocycles. The molecule has 2 rings (SSSR count). The number of hydrogen-bond donors (Lipinski definition) is 2. The van der Waals surface area contributed by atoms with E-state index in [9.17, 15) is 9.59 Å². The smallest absolute Gasteiger partial charge is 0.261 e. The van der Waals surface area contributed by atoms with Crippen molar-refractivity contribution in [3.8, 4) is 0 Å². The maximum Gasteiger partial charge on any atom is 0.261 e. The summed E-state index contributed by atoms with van der Waals surface area (Å²) in [6, 6.07) is 9.03. The second-order valence-electron chi connectivity index (χ2n) is 4.30. The first-order valence-corrected chi connectivity index (χ1v) is 8.45. The molecule has 21 heavy (non-hydrogen) atoms. The fourth-order valence-electron chi connectivity index (χ4n) is 1.61. The van der Waals surface area contributed by atoms with E-state index < -0.39 is 0 Å². The second kappa shape index (κ2) is 7.20. The van der Waals surface area contributed by atoms with Crippen LogP contribution in [-0.2, 0) is 4.79 Å². The van der Waals surface area contributed by atoms with Gasteiger partial charge in [-0.25, -0.2) is 0 Å². The van der Waals surface area contributed by atoms with Crippen molar-refractivity contribution in [3.05, 3.63) is 49.0 Å². The molecule has 1 aromatic heterocycles. The van der Waals surface area contributed by atoms with Gasteiger partial charge < -0.3 is 10.6 Å². The lowest BCUT2D eigenvalue weighted by Gasteiger charge is -2.07. The third-order valence-electron chi connectivity index (χ3n) is 2.65. The van der Waals surface area contributed by atoms with E-state index in [4.69, 9.17) is 0 Å². The first-order valence-electron chi connectivity index (χ1n) is 6.05. The Hall–Kier alpha value is -1.18. The minimum atomic E-state index is -0.263. The Kier molecular flexibility index (Phi) is 5.55. The minimum absolute atomic E-state index is 0.0660. The number of halogens is 2. The largest absolute Gasteiger partial charge is 0.342 e. The van der Waals surface area contributed by atoms with Gasteiger partial charge in [0.2, 0.25) is 5.91 Å². The molecule has 2 amide bonds. The summed E-state index contributed by atoms with van der Waals surface area (Å²) in [6.45, 7) is 1.87. The van der Waals surface area contributed by atoms with Crippen LogP contribution in [0.15, 0.2) is 38.6 Å². The fourth-order valence-corrected chi connectivity index (χ4v) is 3.16. The Labute approximate surface area is 143 Å². The van der Waals surface area contributed by atoms with Gasteiger partial charge in [-0.1, -0.05) is 15.9 Å². The van der Waals surface area contributed by atoms with Gasteiger partial charge in [0.1, 0.15) is 0 Å². The normalized spacial score (nSPS) is 10.2. The zero-order valence-corrected chi connectivity index (χ0v) is 15.1. The SMILES string of the molecule is Cc1cc(NC(=O)CNC(=O)c2ccc(Br)s2)ccc1Br. The molecule has 0 fully saturated rings. The molecule has 0 aliphatic carbocycles. The molecule has 0 aliphatic heterocycles. The molecular weight excluding hydrogens is 420 g/mol. The first-order chi connectivity index (χ1) is 9.95. The van der Waals surface area contributed by atoms with E-state index in [1.54, 1.807) is 18.2 Å². The van der Waals surface area contributed by atoms with Crippen LogP contribution in [0.25, 0.3) is 0 Å². The summed E-state index contributed by atoms with van der Waals surface area (Å²) in [5.74, 6) is -0.520. The van der Waals surface area contributed by atoms with Crippen LogP contribution in [0.3, 0.4) is 0 Å². The van der Waals surface area contributed by atoms with Gasteiger partial charge in [0.05, 0.1) is 15.2 Å². The molecule has 110 valence electrons. The van der Waals surface area contributed by atoms with Gasteiger partial charge >= 0.3 is 0 Å². The highest BCUT2D eigenvalue weighted by molar-refractivity contribution is 9.11. The monoisotopic (exact) mass is 430 g/mol. The first kappa shape index (κ1) is 16.2. The number of carbonyl (C=O) groups is 2. The summed E-state index contributed by atoms with van der Waals surface area (Å²) < 4.78 is 1.86. The van der Waals surface area contributed by atoms with Crippen LogP contribution in [0.2, 0.25) is 0 Å². The molecule has 1 heterocycles. The summed E-state index contributed by atoms with van der Waals surface area (Å²) in [6.07, 6.45) is 0. The highest BCUT2D eigenvalue weighted by atomic mass is 79.9. The maximum atomic E-state index is 11.8. The van der Waals surface area contributed by atoms with Gasteiger partial charge in [0.25, 0.3) is 5.91 Å². The van der Waals surface area contributed by atoms with E-state index in [1.807, 2.05) is 19.1 Å². The molecule has 2 aromatic rings. The molecule has 0 aliphatic rings. The third kappa shape index (κ3) is 4.66. The van der Waals surface area contributed by atoms with Crippen molar-refractivity contribution in [2.75, 3.05) is 11.9 Å². The van der Waals surface area contributed by atoms with Crippen LogP contribution >= 0.6 is 43.2 Å². The molecule has 2 N–H and O–H groups in total. The zero-order valence-electron chi connectivity index (χ0n) is 11.1. The van der Waals surface area contributed by atoms with Crippen LogP contribution in [0, 0.1) is 6.92 Å². The number of anilines is 1. The van der Waals surface area contributed by atoms with Gasteiger partial charge in [-0.3, -0.25) is 9.59 Å². The number of amides is 2. The predicted molar refractivity (Wildman–Crippen MR) is 91.9 cm³/mol. The topological polar surface area (TPSA) is 58.2 Å². The minimum Gasteiger partial charge on any atom is -0.342 e. The maximum absolute atomic E-state index is 11.8. The van der Waals surface area contributed by atoms with Crippen LogP contribution in [0.4, 0.5) is 5.69 Å². The van der Waals surface area contributed by atoms with Gasteiger partial charge in [-0.2, -0.15) is 0 Å². The van der Waals surface area contributed by atoms with Crippen molar-refractivity contribution in [1.82, 2.24) is 5.32 Å². The molecular formula is C14H12Br2N2O2S. The lowest BCUT2D eigenvalue weighted by atomic mass is 10.2. The Balaban J connectivity index is 1.87. The summed E-state index contributed by atoms with van der Waals surface area (Å²) >= 11 is 8.02. The van der Waals surface area contributed by atoms with E-state index >= 15 is 0 Å². The van der Waals surface area contributed by atoms with Crippen LogP contribution < -0.4 is 10.6 Å². The summed E-state index contributed by atoms with van der Waals surface area (Å²) in [7, 11) is 0. The van der Waals surface area contributed by atoms with Crippen LogP contribution in [-0.4, -0.2) is 18.4 Å². The number of benzene rings is 1. The second-order valence-corrected chi connectivity index (χ2v) is 7.62. The number of rotatable bonds is 4. The molecule has 0 bridgehead atoms. The Morgan fingerprint density at radius 3 is 2.57 bits per heavy atom. The third-order valence-corrected chi connectivity index (χ3v) is 5.16. The zero-order chi connectivity index (χ0) is 15.4. The van der Waals surface area contributed by atoms with Gasteiger partial charge in [-0.05, 0) is 58.7 Å². The molecule has 0 atom stereocenters. The number of carbonyl (C=O) groups excluding carboxylic acids is 2. The highest BCUT2D eigenvalue weighted by Crippen LogP contribution is 2.22. The summed E-state index contributed by atoms with van der Waals surface area (Å²) in [5.41, 5.74) is 1.73. The van der Waals surface area contributed by atoms with Gasteiger partial charge in [0, 0.05) is 10.2 Å². The van der Waals surface area contributed by atoms with Crippen molar-refractivity contribution in [2.45, 2.75) is 6.92 Å². The molecule has 0 unspecified atom stereocenters. The van der Waals surface area contributed by atoms with Gasteiger partial charge in [-0.15, -0.1) is 11.3 Å². The summed E-state index contributed by atoms with van der Waals surface area (Å²) in [4.78, 5) is 24.2. The van der Waals surface area contributed by atoms with Crippen molar-refractivity contribution < 1.29 is 9.59 Å². The Bertz CT molecular complexity index is 685.